The van der Waals surface area contributed by atoms with Crippen LogP contribution in [0.3, 0.4) is 0 Å². The summed E-state index contributed by atoms with van der Waals surface area (Å²) in [5.74, 6) is 1.77. The fraction of sp³-hybridized carbons (Fsp3) is 0.455. The van der Waals surface area contributed by atoms with E-state index in [9.17, 15) is 4.39 Å². The number of hydrogen-bond donors (Lipinski definition) is 0. The van der Waals surface area contributed by atoms with Gasteiger partial charge in [-0.2, -0.15) is 0 Å². The Labute approximate surface area is 160 Å². The van der Waals surface area contributed by atoms with E-state index in [-0.39, 0.29) is 11.2 Å². The van der Waals surface area contributed by atoms with Crippen molar-refractivity contribution in [2.24, 2.45) is 5.41 Å². The molecule has 3 rings (SSSR count). The topological polar surface area (TPSA) is 12.5 Å². The van der Waals surface area contributed by atoms with E-state index < -0.39 is 0 Å². The van der Waals surface area contributed by atoms with E-state index in [4.69, 9.17) is 4.74 Å². The first-order valence-electron chi connectivity index (χ1n) is 9.45. The molecular formula is C22H28FNOS. The third kappa shape index (κ3) is 4.01. The molecule has 2 aromatic carbocycles. The molecule has 0 N–H and O–H groups in total. The van der Waals surface area contributed by atoms with Crippen LogP contribution in [-0.2, 0) is 0 Å². The molecule has 2 nitrogen and oxygen atoms in total. The second kappa shape index (κ2) is 8.34. The summed E-state index contributed by atoms with van der Waals surface area (Å²) in [7, 11) is 1.70. The molecule has 140 valence electrons. The predicted octanol–water partition coefficient (Wildman–Crippen LogP) is 6.66. The molecule has 1 aliphatic rings. The summed E-state index contributed by atoms with van der Waals surface area (Å²) >= 11 is 1.94. The molecule has 2 aromatic rings. The maximum absolute atomic E-state index is 13.5. The second-order valence-corrected chi connectivity index (χ2v) is 8.16. The van der Waals surface area contributed by atoms with Gasteiger partial charge in [0.2, 0.25) is 0 Å². The van der Waals surface area contributed by atoms with Crippen LogP contribution in [-0.4, -0.2) is 19.4 Å². The predicted molar refractivity (Wildman–Crippen MR) is 109 cm³/mol. The van der Waals surface area contributed by atoms with Gasteiger partial charge in [-0.05, 0) is 54.7 Å². The standard InChI is InChI=1S/C22H28FNOS/c1-4-6-13-22(5-2)15-24(18-9-7-17(23)8-10-18)20-14-19(25-3)11-12-21(20)26-16-22/h7-12,14H,4-6,13,15-16H2,1-3H3. The number of ether oxygens (including phenoxy) is 1. The zero-order chi connectivity index (χ0) is 18.6. The quantitative estimate of drug-likeness (QED) is 0.561. The van der Waals surface area contributed by atoms with Gasteiger partial charge in [-0.25, -0.2) is 4.39 Å². The molecule has 0 aromatic heterocycles. The van der Waals surface area contributed by atoms with Crippen LogP contribution in [0.25, 0.3) is 0 Å². The van der Waals surface area contributed by atoms with Crippen LogP contribution in [0.15, 0.2) is 47.4 Å². The van der Waals surface area contributed by atoms with E-state index in [2.05, 4.69) is 30.9 Å². The number of methoxy groups -OCH3 is 1. The smallest absolute Gasteiger partial charge is 0.123 e. The lowest BCUT2D eigenvalue weighted by Crippen LogP contribution is -2.36. The van der Waals surface area contributed by atoms with Crippen molar-refractivity contribution in [3.8, 4) is 5.75 Å². The Kier molecular flexibility index (Phi) is 6.13. The van der Waals surface area contributed by atoms with Crippen LogP contribution in [0.1, 0.15) is 39.5 Å². The lowest BCUT2D eigenvalue weighted by atomic mass is 9.81. The van der Waals surface area contributed by atoms with E-state index in [0.717, 1.165) is 35.8 Å². The van der Waals surface area contributed by atoms with Crippen molar-refractivity contribution < 1.29 is 9.13 Å². The average Bonchev–Trinajstić information content (AvgIpc) is 2.84. The Bertz CT molecular complexity index is 733. The molecule has 0 bridgehead atoms. The average molecular weight is 374 g/mol. The van der Waals surface area contributed by atoms with Crippen LogP contribution in [0.2, 0.25) is 0 Å². The molecule has 0 amide bonds. The van der Waals surface area contributed by atoms with E-state index in [1.54, 1.807) is 19.2 Å². The van der Waals surface area contributed by atoms with Crippen molar-refractivity contribution in [1.82, 2.24) is 0 Å². The first-order valence-corrected chi connectivity index (χ1v) is 10.4. The van der Waals surface area contributed by atoms with Gasteiger partial charge in [0.05, 0.1) is 12.8 Å². The molecule has 0 aliphatic carbocycles. The number of unbranched alkanes of at least 4 members (excludes halogenated alkanes) is 1. The van der Waals surface area contributed by atoms with E-state index >= 15 is 0 Å². The summed E-state index contributed by atoms with van der Waals surface area (Å²) in [5.41, 5.74) is 2.45. The second-order valence-electron chi connectivity index (χ2n) is 7.14. The molecule has 0 saturated heterocycles. The van der Waals surface area contributed by atoms with Gasteiger partial charge in [0, 0.05) is 28.9 Å². The summed E-state index contributed by atoms with van der Waals surface area (Å²) in [5, 5.41) is 0. The minimum absolute atomic E-state index is 0.198. The van der Waals surface area contributed by atoms with Crippen molar-refractivity contribution in [3.05, 3.63) is 48.3 Å². The first-order chi connectivity index (χ1) is 12.6. The maximum atomic E-state index is 13.5. The highest BCUT2D eigenvalue weighted by atomic mass is 32.2. The van der Waals surface area contributed by atoms with Crippen molar-refractivity contribution in [2.75, 3.05) is 24.3 Å². The van der Waals surface area contributed by atoms with Gasteiger partial charge in [0.1, 0.15) is 11.6 Å². The summed E-state index contributed by atoms with van der Waals surface area (Å²) in [6.07, 6.45) is 4.81. The monoisotopic (exact) mass is 373 g/mol. The highest BCUT2D eigenvalue weighted by molar-refractivity contribution is 7.99. The van der Waals surface area contributed by atoms with Crippen molar-refractivity contribution >= 4 is 23.1 Å². The van der Waals surface area contributed by atoms with Gasteiger partial charge < -0.3 is 9.64 Å². The van der Waals surface area contributed by atoms with Crippen molar-refractivity contribution in [2.45, 2.75) is 44.4 Å². The van der Waals surface area contributed by atoms with E-state index in [0.29, 0.717) is 0 Å². The normalized spacial score (nSPS) is 19.8. The third-order valence-corrected chi connectivity index (χ3v) is 6.85. The first kappa shape index (κ1) is 19.1. The van der Waals surface area contributed by atoms with Crippen molar-refractivity contribution in [3.63, 3.8) is 0 Å². The highest BCUT2D eigenvalue weighted by Gasteiger charge is 2.35. The Morgan fingerprint density at radius 1 is 1.15 bits per heavy atom. The Balaban J connectivity index is 2.06. The Morgan fingerprint density at radius 3 is 2.58 bits per heavy atom. The zero-order valence-electron chi connectivity index (χ0n) is 15.9. The van der Waals surface area contributed by atoms with Gasteiger partial charge in [-0.15, -0.1) is 11.8 Å². The van der Waals surface area contributed by atoms with Gasteiger partial charge >= 0.3 is 0 Å². The molecule has 1 atom stereocenters. The molecule has 4 heteroatoms. The summed E-state index contributed by atoms with van der Waals surface area (Å²) in [6, 6.07) is 13.2. The number of fused-ring (bicyclic) bond motifs is 1. The number of thioether (sulfide) groups is 1. The van der Waals surface area contributed by atoms with E-state index in [1.807, 2.05) is 30.0 Å². The molecular weight excluding hydrogens is 345 g/mol. The molecule has 1 heterocycles. The summed E-state index contributed by atoms with van der Waals surface area (Å²) in [4.78, 5) is 3.62. The highest BCUT2D eigenvalue weighted by Crippen LogP contribution is 2.47. The number of benzene rings is 2. The number of rotatable bonds is 6. The van der Waals surface area contributed by atoms with Crippen LogP contribution >= 0.6 is 11.8 Å². The molecule has 1 unspecified atom stereocenters. The largest absolute Gasteiger partial charge is 0.497 e. The molecule has 0 spiro atoms. The van der Waals surface area contributed by atoms with Crippen LogP contribution < -0.4 is 9.64 Å². The lowest BCUT2D eigenvalue weighted by molar-refractivity contribution is 0.295. The molecule has 0 saturated carbocycles. The molecule has 0 fully saturated rings. The SMILES string of the molecule is CCCCC1(CC)CSc2ccc(OC)cc2N(c2ccc(F)cc2)C1. The van der Waals surface area contributed by atoms with Crippen LogP contribution in [0, 0.1) is 11.2 Å². The summed E-state index contributed by atoms with van der Waals surface area (Å²) in [6.45, 7) is 5.50. The minimum atomic E-state index is -0.198. The summed E-state index contributed by atoms with van der Waals surface area (Å²) < 4.78 is 19.0. The van der Waals surface area contributed by atoms with E-state index in [1.165, 1.54) is 24.2 Å². The fourth-order valence-corrected chi connectivity index (χ4v) is 4.98. The maximum Gasteiger partial charge on any atom is 0.123 e. The van der Waals surface area contributed by atoms with Gasteiger partial charge in [-0.3, -0.25) is 0 Å². The minimum Gasteiger partial charge on any atom is -0.497 e. The van der Waals surface area contributed by atoms with Crippen LogP contribution in [0.4, 0.5) is 15.8 Å². The van der Waals surface area contributed by atoms with Gasteiger partial charge in [0.15, 0.2) is 0 Å². The number of nitrogens with zero attached hydrogens (tertiary/aromatic N) is 1. The third-order valence-electron chi connectivity index (χ3n) is 5.43. The number of anilines is 2. The van der Waals surface area contributed by atoms with Crippen LogP contribution in [0.5, 0.6) is 5.75 Å². The molecule has 26 heavy (non-hydrogen) atoms. The van der Waals surface area contributed by atoms with Gasteiger partial charge in [0.25, 0.3) is 0 Å². The molecule has 0 radical (unpaired) electrons. The lowest BCUT2D eigenvalue weighted by Gasteiger charge is -2.36. The fourth-order valence-electron chi connectivity index (χ4n) is 3.60. The number of halogens is 1. The Hall–Kier alpha value is -1.68. The number of hydrogen-bond acceptors (Lipinski definition) is 3. The van der Waals surface area contributed by atoms with Gasteiger partial charge in [-0.1, -0.05) is 26.7 Å². The zero-order valence-corrected chi connectivity index (χ0v) is 16.7. The van der Waals surface area contributed by atoms with Crippen molar-refractivity contribution in [1.29, 1.82) is 0 Å². The molecule has 1 aliphatic heterocycles. The Morgan fingerprint density at radius 2 is 1.92 bits per heavy atom.